The molecular formula is C14H13ClN2OS. The van der Waals surface area contributed by atoms with Crippen LogP contribution in [0.3, 0.4) is 0 Å². The fraction of sp³-hybridized carbons (Fsp3) is 0.143. The molecule has 0 saturated carbocycles. The van der Waals surface area contributed by atoms with Crippen LogP contribution >= 0.6 is 22.9 Å². The molecule has 0 unspecified atom stereocenters. The smallest absolute Gasteiger partial charge is 0.266 e. The Hall–Kier alpha value is -1.65. The molecule has 2 rings (SSSR count). The second-order valence-corrected chi connectivity index (χ2v) is 5.22. The quantitative estimate of drug-likeness (QED) is 0.673. The maximum atomic E-state index is 11.8. The predicted molar refractivity (Wildman–Crippen MR) is 80.1 cm³/mol. The van der Waals surface area contributed by atoms with E-state index in [2.05, 4.69) is 10.5 Å². The topological polar surface area (TPSA) is 41.5 Å². The summed E-state index contributed by atoms with van der Waals surface area (Å²) in [5.74, 6) is -0.192. The highest BCUT2D eigenvalue weighted by molar-refractivity contribution is 7.12. The average molecular weight is 293 g/mol. The van der Waals surface area contributed by atoms with Crippen molar-refractivity contribution in [2.24, 2.45) is 5.10 Å². The number of carbonyl (C=O) groups is 1. The van der Waals surface area contributed by atoms with Gasteiger partial charge >= 0.3 is 0 Å². The van der Waals surface area contributed by atoms with Gasteiger partial charge in [0.25, 0.3) is 5.91 Å². The van der Waals surface area contributed by atoms with E-state index >= 15 is 0 Å². The summed E-state index contributed by atoms with van der Waals surface area (Å²) in [5, 5.41) is 6.69. The monoisotopic (exact) mass is 292 g/mol. The standard InChI is InChI=1S/C14H13ClN2OS/c1-2-12(10-5-3-6-11(15)9-10)16-17-14(18)13-7-4-8-19-13/h3-9H,2H2,1H3,(H,17,18)/b16-12+. The highest BCUT2D eigenvalue weighted by Gasteiger charge is 2.06. The van der Waals surface area contributed by atoms with Gasteiger partial charge in [-0.15, -0.1) is 11.3 Å². The summed E-state index contributed by atoms with van der Waals surface area (Å²) >= 11 is 7.34. The molecule has 0 aliphatic carbocycles. The molecule has 0 bridgehead atoms. The zero-order chi connectivity index (χ0) is 13.7. The van der Waals surface area contributed by atoms with Gasteiger partial charge in [0.1, 0.15) is 0 Å². The van der Waals surface area contributed by atoms with Crippen LogP contribution in [0.15, 0.2) is 46.9 Å². The van der Waals surface area contributed by atoms with Crippen LogP contribution in [-0.2, 0) is 0 Å². The highest BCUT2D eigenvalue weighted by atomic mass is 35.5. The number of nitrogens with zero attached hydrogens (tertiary/aromatic N) is 1. The molecule has 0 spiro atoms. The molecule has 1 heterocycles. The Bertz CT molecular complexity index is 593. The molecule has 0 aliphatic rings. The van der Waals surface area contributed by atoms with Crippen LogP contribution in [0.4, 0.5) is 0 Å². The van der Waals surface area contributed by atoms with Crippen LogP contribution in [0.25, 0.3) is 0 Å². The van der Waals surface area contributed by atoms with Crippen molar-refractivity contribution in [3.05, 3.63) is 57.2 Å². The van der Waals surface area contributed by atoms with Crippen LogP contribution in [0.2, 0.25) is 5.02 Å². The van der Waals surface area contributed by atoms with E-state index in [1.807, 2.05) is 42.6 Å². The minimum absolute atomic E-state index is 0.192. The van der Waals surface area contributed by atoms with Crippen LogP contribution < -0.4 is 5.43 Å². The van der Waals surface area contributed by atoms with E-state index < -0.39 is 0 Å². The highest BCUT2D eigenvalue weighted by Crippen LogP contribution is 2.13. The van der Waals surface area contributed by atoms with E-state index in [4.69, 9.17) is 11.6 Å². The molecule has 0 saturated heterocycles. The molecule has 0 aliphatic heterocycles. The van der Waals surface area contributed by atoms with Crippen molar-refractivity contribution in [1.29, 1.82) is 0 Å². The number of amides is 1. The molecule has 2 aromatic rings. The van der Waals surface area contributed by atoms with Gasteiger partial charge in [-0.05, 0) is 35.6 Å². The number of nitrogens with one attached hydrogen (secondary N) is 1. The maximum Gasteiger partial charge on any atom is 0.281 e. The number of rotatable bonds is 4. The molecule has 1 amide bonds. The Kier molecular flexibility index (Phi) is 4.71. The van der Waals surface area contributed by atoms with E-state index in [1.54, 1.807) is 6.07 Å². The first-order chi connectivity index (χ1) is 9.20. The SMILES string of the molecule is CC/C(=N\NC(=O)c1cccs1)c1cccc(Cl)c1. The molecule has 1 aromatic carbocycles. The summed E-state index contributed by atoms with van der Waals surface area (Å²) in [7, 11) is 0. The molecule has 19 heavy (non-hydrogen) atoms. The van der Waals surface area contributed by atoms with Gasteiger partial charge in [-0.3, -0.25) is 4.79 Å². The zero-order valence-corrected chi connectivity index (χ0v) is 12.0. The van der Waals surface area contributed by atoms with Crippen LogP contribution in [0.1, 0.15) is 28.6 Å². The first-order valence-electron chi connectivity index (χ1n) is 5.87. The second-order valence-electron chi connectivity index (χ2n) is 3.84. The minimum Gasteiger partial charge on any atom is -0.266 e. The Morgan fingerprint density at radius 2 is 2.21 bits per heavy atom. The second kappa shape index (κ2) is 6.50. The van der Waals surface area contributed by atoms with Gasteiger partial charge in [0, 0.05) is 5.02 Å². The first kappa shape index (κ1) is 13.8. The van der Waals surface area contributed by atoms with E-state index in [-0.39, 0.29) is 5.91 Å². The van der Waals surface area contributed by atoms with Gasteiger partial charge in [-0.2, -0.15) is 5.10 Å². The van der Waals surface area contributed by atoms with Gasteiger partial charge in [-0.1, -0.05) is 36.7 Å². The lowest BCUT2D eigenvalue weighted by atomic mass is 10.1. The first-order valence-corrected chi connectivity index (χ1v) is 7.13. The van der Waals surface area contributed by atoms with Gasteiger partial charge in [-0.25, -0.2) is 5.43 Å². The van der Waals surface area contributed by atoms with Crippen LogP contribution in [-0.4, -0.2) is 11.6 Å². The number of halogens is 1. The number of benzene rings is 1. The summed E-state index contributed by atoms with van der Waals surface area (Å²) in [6.45, 7) is 1.98. The molecular weight excluding hydrogens is 280 g/mol. The molecule has 3 nitrogen and oxygen atoms in total. The minimum atomic E-state index is -0.192. The van der Waals surface area contributed by atoms with E-state index in [0.29, 0.717) is 16.3 Å². The third-order valence-electron chi connectivity index (χ3n) is 2.53. The third-order valence-corrected chi connectivity index (χ3v) is 3.63. The molecule has 5 heteroatoms. The van der Waals surface area contributed by atoms with Gasteiger partial charge in [0.2, 0.25) is 0 Å². The average Bonchev–Trinajstić information content (AvgIpc) is 2.93. The summed E-state index contributed by atoms with van der Waals surface area (Å²) in [4.78, 5) is 12.4. The molecule has 0 fully saturated rings. The number of carbonyl (C=O) groups excluding carboxylic acids is 1. The number of hydrazone groups is 1. The molecule has 1 N–H and O–H groups in total. The van der Waals surface area contributed by atoms with Gasteiger partial charge in [0.05, 0.1) is 10.6 Å². The van der Waals surface area contributed by atoms with Crippen LogP contribution in [0, 0.1) is 0 Å². The fourth-order valence-corrected chi connectivity index (χ4v) is 2.40. The van der Waals surface area contributed by atoms with E-state index in [0.717, 1.165) is 11.3 Å². The maximum absolute atomic E-state index is 11.8. The Morgan fingerprint density at radius 3 is 2.84 bits per heavy atom. The number of hydrogen-bond acceptors (Lipinski definition) is 3. The van der Waals surface area contributed by atoms with Crippen molar-refractivity contribution in [3.63, 3.8) is 0 Å². The van der Waals surface area contributed by atoms with Crippen molar-refractivity contribution < 1.29 is 4.79 Å². The Morgan fingerprint density at radius 1 is 1.37 bits per heavy atom. The van der Waals surface area contributed by atoms with E-state index in [1.165, 1.54) is 11.3 Å². The van der Waals surface area contributed by atoms with Crippen molar-refractivity contribution in [3.8, 4) is 0 Å². The summed E-state index contributed by atoms with van der Waals surface area (Å²) < 4.78 is 0. The predicted octanol–water partition coefficient (Wildman–Crippen LogP) is 3.95. The largest absolute Gasteiger partial charge is 0.281 e. The number of hydrogen-bond donors (Lipinski definition) is 1. The van der Waals surface area contributed by atoms with Crippen molar-refractivity contribution in [2.75, 3.05) is 0 Å². The van der Waals surface area contributed by atoms with Crippen LogP contribution in [0.5, 0.6) is 0 Å². The molecule has 98 valence electrons. The number of thiophene rings is 1. The summed E-state index contributed by atoms with van der Waals surface area (Å²) in [6, 6.07) is 11.0. The Balaban J connectivity index is 2.14. The molecule has 1 aromatic heterocycles. The normalized spacial score (nSPS) is 11.4. The zero-order valence-electron chi connectivity index (χ0n) is 10.4. The lowest BCUT2D eigenvalue weighted by Crippen LogP contribution is -2.18. The van der Waals surface area contributed by atoms with Crippen molar-refractivity contribution in [2.45, 2.75) is 13.3 Å². The van der Waals surface area contributed by atoms with Crippen molar-refractivity contribution >= 4 is 34.6 Å². The van der Waals surface area contributed by atoms with Gasteiger partial charge in [0.15, 0.2) is 0 Å². The molecule has 0 atom stereocenters. The Labute approximate surface area is 120 Å². The van der Waals surface area contributed by atoms with E-state index in [9.17, 15) is 4.79 Å². The van der Waals surface area contributed by atoms with Gasteiger partial charge < -0.3 is 0 Å². The lowest BCUT2D eigenvalue weighted by Gasteiger charge is -2.05. The third kappa shape index (κ3) is 3.66. The fourth-order valence-electron chi connectivity index (χ4n) is 1.60. The summed E-state index contributed by atoms with van der Waals surface area (Å²) in [5.41, 5.74) is 4.29. The van der Waals surface area contributed by atoms with Crippen molar-refractivity contribution in [1.82, 2.24) is 5.43 Å². The lowest BCUT2D eigenvalue weighted by molar-refractivity contribution is 0.0959. The molecule has 0 radical (unpaired) electrons. The summed E-state index contributed by atoms with van der Waals surface area (Å²) in [6.07, 6.45) is 0.713.